The van der Waals surface area contributed by atoms with Gasteiger partial charge in [0.1, 0.15) is 11.5 Å². The van der Waals surface area contributed by atoms with E-state index in [0.29, 0.717) is 5.92 Å². The Morgan fingerprint density at radius 1 is 1.16 bits per heavy atom. The molecule has 0 bridgehead atoms. The molecule has 1 rings (SSSR count). The fraction of sp³-hybridized carbons (Fsp3) is 0.625. The molecule has 19 heavy (non-hydrogen) atoms. The predicted octanol–water partition coefficient (Wildman–Crippen LogP) is 3.48. The predicted molar refractivity (Wildman–Crippen MR) is 79.9 cm³/mol. The Morgan fingerprint density at radius 2 is 1.84 bits per heavy atom. The van der Waals surface area contributed by atoms with Crippen LogP contribution in [0.2, 0.25) is 0 Å². The third-order valence-electron chi connectivity index (χ3n) is 3.95. The van der Waals surface area contributed by atoms with Gasteiger partial charge in [0.15, 0.2) is 0 Å². The van der Waals surface area contributed by atoms with E-state index >= 15 is 0 Å². The summed E-state index contributed by atoms with van der Waals surface area (Å²) in [6, 6.07) is 5.89. The molecule has 0 atom stereocenters. The normalized spacial score (nSPS) is 11.7. The molecule has 0 spiro atoms. The van der Waals surface area contributed by atoms with Gasteiger partial charge in [0.25, 0.3) is 0 Å². The summed E-state index contributed by atoms with van der Waals surface area (Å²) in [6.07, 6.45) is 0. The average molecular weight is 265 g/mol. The summed E-state index contributed by atoms with van der Waals surface area (Å²) in [5.41, 5.74) is 1.41. The second-order valence-electron chi connectivity index (χ2n) is 5.92. The molecule has 0 aliphatic rings. The number of benzene rings is 1. The van der Waals surface area contributed by atoms with Crippen molar-refractivity contribution < 1.29 is 9.47 Å². The van der Waals surface area contributed by atoms with Gasteiger partial charge in [-0.15, -0.1) is 0 Å². The molecule has 0 unspecified atom stereocenters. The Bertz CT molecular complexity index is 400. The van der Waals surface area contributed by atoms with Crippen molar-refractivity contribution in [2.45, 2.75) is 34.2 Å². The Hall–Kier alpha value is -1.22. The number of methoxy groups -OCH3 is 2. The third kappa shape index (κ3) is 4.43. The fourth-order valence-corrected chi connectivity index (χ4v) is 1.74. The molecular formula is C16H27NO2. The Balaban J connectivity index is 2.66. The summed E-state index contributed by atoms with van der Waals surface area (Å²) in [4.78, 5) is 0. The molecule has 0 saturated carbocycles. The van der Waals surface area contributed by atoms with Crippen LogP contribution in [0.4, 0.5) is 0 Å². The van der Waals surface area contributed by atoms with E-state index in [1.54, 1.807) is 14.2 Å². The zero-order chi connectivity index (χ0) is 14.5. The molecule has 3 nitrogen and oxygen atoms in total. The summed E-state index contributed by atoms with van der Waals surface area (Å²) in [6.45, 7) is 10.9. The second kappa shape index (κ2) is 6.80. The molecule has 0 aliphatic heterocycles. The van der Waals surface area contributed by atoms with Gasteiger partial charge >= 0.3 is 0 Å². The van der Waals surface area contributed by atoms with Crippen molar-refractivity contribution in [3.8, 4) is 11.5 Å². The first-order chi connectivity index (χ1) is 8.90. The van der Waals surface area contributed by atoms with Gasteiger partial charge in [-0.25, -0.2) is 0 Å². The summed E-state index contributed by atoms with van der Waals surface area (Å²) >= 11 is 0. The first-order valence-electron chi connectivity index (χ1n) is 6.82. The van der Waals surface area contributed by atoms with Crippen LogP contribution in [-0.4, -0.2) is 20.8 Å². The van der Waals surface area contributed by atoms with Crippen molar-refractivity contribution >= 4 is 0 Å². The van der Waals surface area contributed by atoms with Crippen LogP contribution in [0.1, 0.15) is 33.3 Å². The van der Waals surface area contributed by atoms with E-state index < -0.39 is 0 Å². The number of hydrogen-bond donors (Lipinski definition) is 1. The summed E-state index contributed by atoms with van der Waals surface area (Å²) in [5, 5.41) is 3.51. The number of hydrogen-bond acceptors (Lipinski definition) is 3. The molecular weight excluding hydrogens is 238 g/mol. The minimum Gasteiger partial charge on any atom is -0.497 e. The molecule has 3 heteroatoms. The standard InChI is InChI=1S/C16H27NO2/c1-12(2)16(3,4)11-17-10-13-9-14(18-5)7-8-15(13)19-6/h7-9,12,17H,10-11H2,1-6H3. The van der Waals surface area contributed by atoms with Gasteiger partial charge in [-0.05, 0) is 29.5 Å². The third-order valence-corrected chi connectivity index (χ3v) is 3.95. The molecule has 0 aromatic heterocycles. The molecule has 1 N–H and O–H groups in total. The average Bonchev–Trinajstić information content (AvgIpc) is 2.38. The molecule has 0 saturated heterocycles. The lowest BCUT2D eigenvalue weighted by Crippen LogP contribution is -2.33. The van der Waals surface area contributed by atoms with Gasteiger partial charge in [0.2, 0.25) is 0 Å². The van der Waals surface area contributed by atoms with Crippen LogP contribution in [0, 0.1) is 11.3 Å². The highest BCUT2D eigenvalue weighted by molar-refractivity contribution is 5.40. The highest BCUT2D eigenvalue weighted by Crippen LogP contribution is 2.26. The molecule has 1 aromatic rings. The minimum atomic E-state index is 0.284. The number of rotatable bonds is 7. The van der Waals surface area contributed by atoms with Gasteiger partial charge in [-0.3, -0.25) is 0 Å². The number of nitrogens with one attached hydrogen (secondary N) is 1. The lowest BCUT2D eigenvalue weighted by molar-refractivity contribution is 0.237. The van der Waals surface area contributed by atoms with Gasteiger partial charge in [-0.2, -0.15) is 0 Å². The molecule has 0 amide bonds. The lowest BCUT2D eigenvalue weighted by atomic mass is 9.81. The topological polar surface area (TPSA) is 30.5 Å². The highest BCUT2D eigenvalue weighted by atomic mass is 16.5. The monoisotopic (exact) mass is 265 g/mol. The summed E-state index contributed by atoms with van der Waals surface area (Å²) in [7, 11) is 3.38. The van der Waals surface area contributed by atoms with E-state index in [1.807, 2.05) is 18.2 Å². The first-order valence-corrected chi connectivity index (χ1v) is 6.82. The van der Waals surface area contributed by atoms with Gasteiger partial charge in [0, 0.05) is 18.7 Å². The van der Waals surface area contributed by atoms with E-state index in [1.165, 1.54) is 0 Å². The summed E-state index contributed by atoms with van der Waals surface area (Å²) < 4.78 is 10.6. The van der Waals surface area contributed by atoms with Gasteiger partial charge in [-0.1, -0.05) is 27.7 Å². The van der Waals surface area contributed by atoms with Crippen molar-refractivity contribution in [3.05, 3.63) is 23.8 Å². The largest absolute Gasteiger partial charge is 0.497 e. The zero-order valence-electron chi connectivity index (χ0n) is 13.0. The quantitative estimate of drug-likeness (QED) is 0.819. The maximum atomic E-state index is 5.38. The number of ether oxygens (including phenoxy) is 2. The van der Waals surface area contributed by atoms with E-state index in [-0.39, 0.29) is 5.41 Å². The maximum Gasteiger partial charge on any atom is 0.123 e. The fourth-order valence-electron chi connectivity index (χ4n) is 1.74. The van der Waals surface area contributed by atoms with Crippen molar-refractivity contribution in [2.24, 2.45) is 11.3 Å². The van der Waals surface area contributed by atoms with E-state index in [4.69, 9.17) is 9.47 Å². The van der Waals surface area contributed by atoms with Crippen LogP contribution in [0.3, 0.4) is 0 Å². The van der Waals surface area contributed by atoms with Crippen molar-refractivity contribution in [3.63, 3.8) is 0 Å². The molecule has 0 heterocycles. The zero-order valence-corrected chi connectivity index (χ0v) is 13.0. The molecule has 1 aromatic carbocycles. The molecule has 0 aliphatic carbocycles. The van der Waals surface area contributed by atoms with E-state index in [2.05, 4.69) is 33.0 Å². The first kappa shape index (κ1) is 15.8. The van der Waals surface area contributed by atoms with Crippen LogP contribution in [0.15, 0.2) is 18.2 Å². The van der Waals surface area contributed by atoms with Crippen LogP contribution in [-0.2, 0) is 6.54 Å². The molecule has 0 radical (unpaired) electrons. The van der Waals surface area contributed by atoms with Gasteiger partial charge < -0.3 is 14.8 Å². The second-order valence-corrected chi connectivity index (χ2v) is 5.92. The summed E-state index contributed by atoms with van der Waals surface area (Å²) in [5.74, 6) is 2.41. The Labute approximate surface area is 117 Å². The highest BCUT2D eigenvalue weighted by Gasteiger charge is 2.21. The van der Waals surface area contributed by atoms with Crippen LogP contribution >= 0.6 is 0 Å². The molecule has 108 valence electrons. The van der Waals surface area contributed by atoms with Crippen molar-refractivity contribution in [2.75, 3.05) is 20.8 Å². The SMILES string of the molecule is COc1ccc(OC)c(CNCC(C)(C)C(C)C)c1. The minimum absolute atomic E-state index is 0.284. The van der Waals surface area contributed by atoms with Gasteiger partial charge in [0.05, 0.1) is 14.2 Å². The molecule has 0 fully saturated rings. The maximum absolute atomic E-state index is 5.38. The van der Waals surface area contributed by atoms with E-state index in [0.717, 1.165) is 30.2 Å². The Kier molecular flexibility index (Phi) is 5.67. The van der Waals surface area contributed by atoms with Crippen LogP contribution in [0.25, 0.3) is 0 Å². The smallest absolute Gasteiger partial charge is 0.123 e. The van der Waals surface area contributed by atoms with E-state index in [9.17, 15) is 0 Å². The van der Waals surface area contributed by atoms with Crippen LogP contribution in [0.5, 0.6) is 11.5 Å². The van der Waals surface area contributed by atoms with Crippen LogP contribution < -0.4 is 14.8 Å². The Morgan fingerprint density at radius 3 is 2.37 bits per heavy atom. The lowest BCUT2D eigenvalue weighted by Gasteiger charge is -2.29. The van der Waals surface area contributed by atoms with Crippen molar-refractivity contribution in [1.29, 1.82) is 0 Å². The van der Waals surface area contributed by atoms with Crippen molar-refractivity contribution in [1.82, 2.24) is 5.32 Å².